The molecule has 2 aliphatic heterocycles. The molecule has 1 amide bonds. The molecule has 0 saturated carbocycles. The van der Waals surface area contributed by atoms with Crippen LogP contribution in [0.4, 0.5) is 5.69 Å². The van der Waals surface area contributed by atoms with E-state index in [1.165, 1.54) is 13.2 Å². The SMILES string of the molecule is COC(=O)c1ccc(Cl)c(NC(=O)CN2CCC3(CC2)OCCO3)c1. The van der Waals surface area contributed by atoms with Crippen LogP contribution in [-0.4, -0.2) is 62.5 Å². The molecule has 0 radical (unpaired) electrons. The molecular weight excluding hydrogens is 348 g/mol. The Kier molecular flexibility index (Phi) is 5.58. The third-order valence-electron chi connectivity index (χ3n) is 4.46. The van der Waals surface area contributed by atoms with E-state index in [9.17, 15) is 9.59 Å². The molecule has 7 nitrogen and oxygen atoms in total. The number of amides is 1. The van der Waals surface area contributed by atoms with E-state index in [2.05, 4.69) is 10.1 Å². The molecule has 1 aromatic rings. The number of anilines is 1. The standard InChI is InChI=1S/C17H21ClN2O5/c1-23-16(22)12-2-3-13(18)14(10-12)19-15(21)11-20-6-4-17(5-7-20)24-8-9-25-17/h2-3,10H,4-9,11H2,1H3,(H,19,21). The van der Waals surface area contributed by atoms with E-state index in [1.54, 1.807) is 12.1 Å². The number of piperidine rings is 1. The number of carbonyl (C=O) groups excluding carboxylic acids is 2. The fourth-order valence-electron chi connectivity index (χ4n) is 3.10. The van der Waals surface area contributed by atoms with Crippen LogP contribution in [0.2, 0.25) is 5.02 Å². The Hall–Kier alpha value is -1.67. The Balaban J connectivity index is 1.55. The number of esters is 1. The molecule has 0 aromatic heterocycles. The van der Waals surface area contributed by atoms with Crippen LogP contribution in [-0.2, 0) is 19.0 Å². The Labute approximate surface area is 151 Å². The van der Waals surface area contributed by atoms with Crippen molar-refractivity contribution in [2.75, 3.05) is 45.3 Å². The maximum Gasteiger partial charge on any atom is 0.337 e. The molecule has 2 saturated heterocycles. The van der Waals surface area contributed by atoms with E-state index < -0.39 is 11.8 Å². The minimum atomic E-state index is -0.481. The second kappa shape index (κ2) is 7.70. The highest BCUT2D eigenvalue weighted by Gasteiger charge is 2.39. The molecule has 1 aromatic carbocycles. The maximum absolute atomic E-state index is 12.3. The van der Waals surface area contributed by atoms with Gasteiger partial charge in [0.15, 0.2) is 5.79 Å². The first-order valence-electron chi connectivity index (χ1n) is 8.19. The quantitative estimate of drug-likeness (QED) is 0.818. The van der Waals surface area contributed by atoms with E-state index in [-0.39, 0.29) is 12.5 Å². The minimum absolute atomic E-state index is 0.187. The molecule has 1 N–H and O–H groups in total. The summed E-state index contributed by atoms with van der Waals surface area (Å²) >= 11 is 6.10. The third-order valence-corrected chi connectivity index (χ3v) is 4.79. The fraction of sp³-hybridized carbons (Fsp3) is 0.529. The molecule has 136 valence electrons. The van der Waals surface area contributed by atoms with Gasteiger partial charge in [-0.05, 0) is 18.2 Å². The first-order valence-corrected chi connectivity index (χ1v) is 8.57. The Morgan fingerprint density at radius 1 is 1.28 bits per heavy atom. The lowest BCUT2D eigenvalue weighted by Gasteiger charge is -2.37. The zero-order valence-corrected chi connectivity index (χ0v) is 14.8. The second-order valence-corrected chi connectivity index (χ2v) is 6.53. The Morgan fingerprint density at radius 2 is 1.96 bits per heavy atom. The van der Waals surface area contributed by atoms with Gasteiger partial charge in [0, 0.05) is 25.9 Å². The number of benzene rings is 1. The summed E-state index contributed by atoms with van der Waals surface area (Å²) in [6, 6.07) is 4.62. The van der Waals surface area contributed by atoms with E-state index in [0.717, 1.165) is 25.9 Å². The van der Waals surface area contributed by atoms with Crippen LogP contribution in [0.25, 0.3) is 0 Å². The predicted octanol–water partition coefficient (Wildman–Crippen LogP) is 1.90. The lowest BCUT2D eigenvalue weighted by Crippen LogP contribution is -2.47. The van der Waals surface area contributed by atoms with Crippen LogP contribution in [0.15, 0.2) is 18.2 Å². The molecule has 0 bridgehead atoms. The van der Waals surface area contributed by atoms with Crippen molar-refractivity contribution in [3.05, 3.63) is 28.8 Å². The summed E-state index contributed by atoms with van der Waals surface area (Å²) in [6.45, 7) is 2.96. The summed E-state index contributed by atoms with van der Waals surface area (Å²) in [7, 11) is 1.30. The Morgan fingerprint density at radius 3 is 2.60 bits per heavy atom. The van der Waals surface area contributed by atoms with Gasteiger partial charge in [-0.25, -0.2) is 4.79 Å². The maximum atomic E-state index is 12.3. The van der Waals surface area contributed by atoms with Gasteiger partial charge < -0.3 is 19.5 Å². The summed E-state index contributed by atoms with van der Waals surface area (Å²) in [5.41, 5.74) is 0.725. The number of carbonyl (C=O) groups is 2. The summed E-state index contributed by atoms with van der Waals surface area (Å²) in [4.78, 5) is 25.9. The molecule has 1 spiro atoms. The van der Waals surface area contributed by atoms with Crippen LogP contribution in [0.3, 0.4) is 0 Å². The van der Waals surface area contributed by atoms with Crippen molar-refractivity contribution in [2.45, 2.75) is 18.6 Å². The van der Waals surface area contributed by atoms with Gasteiger partial charge in [-0.3, -0.25) is 9.69 Å². The smallest absolute Gasteiger partial charge is 0.337 e. The lowest BCUT2D eigenvalue weighted by atomic mass is 10.0. The number of halogens is 1. The molecule has 3 rings (SSSR count). The van der Waals surface area contributed by atoms with Gasteiger partial charge in [-0.2, -0.15) is 0 Å². The molecule has 25 heavy (non-hydrogen) atoms. The summed E-state index contributed by atoms with van der Waals surface area (Å²) in [5, 5.41) is 3.12. The van der Waals surface area contributed by atoms with E-state index in [4.69, 9.17) is 21.1 Å². The molecule has 0 unspecified atom stereocenters. The van der Waals surface area contributed by atoms with Crippen molar-refractivity contribution in [1.82, 2.24) is 4.90 Å². The van der Waals surface area contributed by atoms with Crippen LogP contribution in [0.5, 0.6) is 0 Å². The average molecular weight is 369 g/mol. The van der Waals surface area contributed by atoms with Crippen molar-refractivity contribution >= 4 is 29.2 Å². The zero-order chi connectivity index (χ0) is 17.9. The van der Waals surface area contributed by atoms with Crippen LogP contribution in [0.1, 0.15) is 23.2 Å². The highest BCUT2D eigenvalue weighted by atomic mass is 35.5. The number of nitrogens with one attached hydrogen (secondary N) is 1. The van der Waals surface area contributed by atoms with Crippen molar-refractivity contribution in [2.24, 2.45) is 0 Å². The van der Waals surface area contributed by atoms with Gasteiger partial charge >= 0.3 is 5.97 Å². The average Bonchev–Trinajstić information content (AvgIpc) is 3.06. The number of hydrogen-bond acceptors (Lipinski definition) is 6. The monoisotopic (exact) mass is 368 g/mol. The number of methoxy groups -OCH3 is 1. The zero-order valence-electron chi connectivity index (χ0n) is 14.0. The third kappa shape index (κ3) is 4.30. The summed E-state index contributed by atoms with van der Waals surface area (Å²) < 4.78 is 16.0. The number of ether oxygens (including phenoxy) is 3. The first kappa shape index (κ1) is 18.1. The van der Waals surface area contributed by atoms with Gasteiger partial charge in [0.25, 0.3) is 0 Å². The van der Waals surface area contributed by atoms with Crippen molar-refractivity contribution < 1.29 is 23.8 Å². The van der Waals surface area contributed by atoms with Gasteiger partial charge in [-0.15, -0.1) is 0 Å². The summed E-state index contributed by atoms with van der Waals surface area (Å²) in [6.07, 6.45) is 1.50. The summed E-state index contributed by atoms with van der Waals surface area (Å²) in [5.74, 6) is -1.12. The molecule has 2 heterocycles. The lowest BCUT2D eigenvalue weighted by molar-refractivity contribution is -0.185. The number of rotatable bonds is 4. The number of hydrogen-bond donors (Lipinski definition) is 1. The predicted molar refractivity (Wildman–Crippen MR) is 91.7 cm³/mol. The van der Waals surface area contributed by atoms with Gasteiger partial charge in [-0.1, -0.05) is 11.6 Å². The molecular formula is C17H21ClN2O5. The van der Waals surface area contributed by atoms with E-state index in [1.807, 2.05) is 4.90 Å². The second-order valence-electron chi connectivity index (χ2n) is 6.12. The fourth-order valence-corrected chi connectivity index (χ4v) is 3.26. The molecule has 0 aliphatic carbocycles. The van der Waals surface area contributed by atoms with Crippen LogP contribution in [0, 0.1) is 0 Å². The molecule has 8 heteroatoms. The van der Waals surface area contributed by atoms with Crippen LogP contribution >= 0.6 is 11.6 Å². The highest BCUT2D eigenvalue weighted by Crippen LogP contribution is 2.31. The van der Waals surface area contributed by atoms with Gasteiger partial charge in [0.05, 0.1) is 43.1 Å². The van der Waals surface area contributed by atoms with Crippen LogP contribution < -0.4 is 5.32 Å². The van der Waals surface area contributed by atoms with Crippen molar-refractivity contribution in [3.63, 3.8) is 0 Å². The minimum Gasteiger partial charge on any atom is -0.465 e. The number of nitrogens with zero attached hydrogens (tertiary/aromatic N) is 1. The topological polar surface area (TPSA) is 77.1 Å². The first-order chi connectivity index (χ1) is 12.0. The Bertz CT molecular complexity index is 650. The van der Waals surface area contributed by atoms with Crippen molar-refractivity contribution in [1.29, 1.82) is 0 Å². The van der Waals surface area contributed by atoms with Crippen molar-refractivity contribution in [3.8, 4) is 0 Å². The highest BCUT2D eigenvalue weighted by molar-refractivity contribution is 6.33. The van der Waals surface area contributed by atoms with Gasteiger partial charge in [0.2, 0.25) is 5.91 Å². The molecule has 0 atom stereocenters. The molecule has 2 aliphatic rings. The normalized spacial score (nSPS) is 19.8. The van der Waals surface area contributed by atoms with E-state index in [0.29, 0.717) is 29.5 Å². The van der Waals surface area contributed by atoms with Gasteiger partial charge in [0.1, 0.15) is 0 Å². The van der Waals surface area contributed by atoms with E-state index >= 15 is 0 Å². The largest absolute Gasteiger partial charge is 0.465 e. The molecule has 2 fully saturated rings. The number of likely N-dealkylation sites (tertiary alicyclic amines) is 1.